The quantitative estimate of drug-likeness (QED) is 0.184. The van der Waals surface area contributed by atoms with Gasteiger partial charge in [-0.2, -0.15) is 0 Å². The average Bonchev–Trinajstić information content (AvgIpc) is 3.26. The van der Waals surface area contributed by atoms with E-state index in [-0.39, 0.29) is 0 Å². The van der Waals surface area contributed by atoms with Crippen molar-refractivity contribution in [1.29, 1.82) is 0 Å². The number of ether oxygens (including phenoxy) is 2. The number of aryl methyl sites for hydroxylation is 1. The van der Waals surface area contributed by atoms with Crippen molar-refractivity contribution in [3.63, 3.8) is 0 Å². The van der Waals surface area contributed by atoms with Crippen molar-refractivity contribution in [3.8, 4) is 5.75 Å². The Morgan fingerprint density at radius 1 is 0.921 bits per heavy atom. The van der Waals surface area contributed by atoms with Crippen molar-refractivity contribution < 1.29 is 9.47 Å². The summed E-state index contributed by atoms with van der Waals surface area (Å²) >= 11 is 0. The van der Waals surface area contributed by atoms with Crippen LogP contribution in [0.25, 0.3) is 32.6 Å². The Morgan fingerprint density at radius 3 is 2.50 bits per heavy atom. The molecule has 0 saturated heterocycles. The third-order valence-corrected chi connectivity index (χ3v) is 7.46. The molecule has 0 spiro atoms. The standard InChI is InChI=1S/C32H38N4O2/c1-5-35(6-2)18-10-16-33-32-29-20-28-27-19-25(38-21-24-11-8-7-9-12-24)13-14-30(27)36(22-37-4)31(28)23(3)26(29)15-17-34-32/h7-9,11-15,17,19-20H,5-6,10,16,18,21-22H2,1-4H3,(H,33,34). The van der Waals surface area contributed by atoms with Gasteiger partial charge in [-0.15, -0.1) is 0 Å². The number of pyridine rings is 1. The number of fused-ring (bicyclic) bond motifs is 4. The van der Waals surface area contributed by atoms with Gasteiger partial charge in [-0.1, -0.05) is 44.2 Å². The van der Waals surface area contributed by atoms with E-state index in [0.29, 0.717) is 13.3 Å². The van der Waals surface area contributed by atoms with Crippen molar-refractivity contribution in [3.05, 3.63) is 78.0 Å². The number of hydrogen-bond donors (Lipinski definition) is 1. The van der Waals surface area contributed by atoms with Gasteiger partial charge >= 0.3 is 0 Å². The summed E-state index contributed by atoms with van der Waals surface area (Å²) in [5.41, 5.74) is 4.70. The first-order chi connectivity index (χ1) is 18.6. The van der Waals surface area contributed by atoms with Crippen LogP contribution >= 0.6 is 0 Å². The molecule has 38 heavy (non-hydrogen) atoms. The number of hydrogen-bond acceptors (Lipinski definition) is 5. The predicted octanol–water partition coefficient (Wildman–Crippen LogP) is 6.98. The lowest BCUT2D eigenvalue weighted by Crippen LogP contribution is -2.25. The lowest BCUT2D eigenvalue weighted by atomic mass is 10.0. The number of benzene rings is 3. The lowest BCUT2D eigenvalue weighted by molar-refractivity contribution is 0.138. The Labute approximate surface area is 225 Å². The van der Waals surface area contributed by atoms with Gasteiger partial charge in [-0.3, -0.25) is 0 Å². The van der Waals surface area contributed by atoms with E-state index < -0.39 is 0 Å². The summed E-state index contributed by atoms with van der Waals surface area (Å²) < 4.78 is 14.1. The molecule has 0 aliphatic rings. The minimum Gasteiger partial charge on any atom is -0.489 e. The molecule has 0 radical (unpaired) electrons. The summed E-state index contributed by atoms with van der Waals surface area (Å²) in [6, 6.07) is 21.0. The second-order valence-corrected chi connectivity index (χ2v) is 9.76. The SMILES string of the molecule is CCN(CC)CCCNc1nccc2c(C)c3c(cc12)c1cc(OCc2ccccc2)ccc1n3COC. The molecule has 0 atom stereocenters. The molecule has 0 saturated carbocycles. The largest absolute Gasteiger partial charge is 0.489 e. The minimum absolute atomic E-state index is 0.484. The molecule has 5 aromatic rings. The fourth-order valence-electron chi connectivity index (χ4n) is 5.41. The van der Waals surface area contributed by atoms with Crippen LogP contribution in [0.4, 0.5) is 5.82 Å². The molecule has 6 heteroatoms. The Bertz CT molecular complexity index is 1520. The molecule has 0 aliphatic carbocycles. The molecule has 198 valence electrons. The van der Waals surface area contributed by atoms with E-state index in [2.05, 4.69) is 78.0 Å². The first-order valence-corrected chi connectivity index (χ1v) is 13.6. The van der Waals surface area contributed by atoms with Gasteiger partial charge in [0.1, 0.15) is 24.9 Å². The molecule has 3 aromatic carbocycles. The summed E-state index contributed by atoms with van der Waals surface area (Å²) in [7, 11) is 1.75. The topological polar surface area (TPSA) is 51.5 Å². The summed E-state index contributed by atoms with van der Waals surface area (Å²) in [5.74, 6) is 1.80. The van der Waals surface area contributed by atoms with Crippen LogP contribution in [0.5, 0.6) is 5.75 Å². The van der Waals surface area contributed by atoms with Gasteiger partial charge in [0.2, 0.25) is 0 Å². The molecule has 0 unspecified atom stereocenters. The molecular formula is C32H38N4O2. The van der Waals surface area contributed by atoms with E-state index in [1.165, 1.54) is 21.9 Å². The maximum atomic E-state index is 6.19. The van der Waals surface area contributed by atoms with Gasteiger partial charge in [-0.25, -0.2) is 4.98 Å². The zero-order valence-corrected chi connectivity index (χ0v) is 23.0. The number of aromatic nitrogens is 2. The molecule has 0 aliphatic heterocycles. The first-order valence-electron chi connectivity index (χ1n) is 13.6. The van der Waals surface area contributed by atoms with Crippen LogP contribution in [0.15, 0.2) is 66.9 Å². The number of rotatable bonds is 12. The monoisotopic (exact) mass is 510 g/mol. The number of anilines is 1. The van der Waals surface area contributed by atoms with Gasteiger partial charge < -0.3 is 24.3 Å². The van der Waals surface area contributed by atoms with Crippen LogP contribution in [0.1, 0.15) is 31.4 Å². The second-order valence-electron chi connectivity index (χ2n) is 9.76. The third-order valence-electron chi connectivity index (χ3n) is 7.46. The Balaban J connectivity index is 1.54. The molecule has 0 bridgehead atoms. The van der Waals surface area contributed by atoms with Crippen LogP contribution in [0.3, 0.4) is 0 Å². The predicted molar refractivity (Wildman–Crippen MR) is 158 cm³/mol. The summed E-state index contributed by atoms with van der Waals surface area (Å²) in [4.78, 5) is 7.19. The van der Waals surface area contributed by atoms with E-state index in [9.17, 15) is 0 Å². The van der Waals surface area contributed by atoms with Crippen molar-refractivity contribution in [2.75, 3.05) is 38.6 Å². The van der Waals surface area contributed by atoms with E-state index in [1.807, 2.05) is 24.4 Å². The van der Waals surface area contributed by atoms with Crippen LogP contribution in [0.2, 0.25) is 0 Å². The Kier molecular flexibility index (Phi) is 8.11. The molecule has 6 nitrogen and oxygen atoms in total. The van der Waals surface area contributed by atoms with Crippen molar-refractivity contribution in [2.45, 2.75) is 40.5 Å². The molecule has 0 amide bonds. The fourth-order valence-corrected chi connectivity index (χ4v) is 5.41. The average molecular weight is 511 g/mol. The van der Waals surface area contributed by atoms with Crippen molar-refractivity contribution in [1.82, 2.24) is 14.5 Å². The molecule has 2 heterocycles. The van der Waals surface area contributed by atoms with Gasteiger partial charge in [0.05, 0.1) is 11.0 Å². The van der Waals surface area contributed by atoms with Gasteiger partial charge in [0.25, 0.3) is 0 Å². The molecular weight excluding hydrogens is 472 g/mol. The third kappa shape index (κ3) is 5.19. The van der Waals surface area contributed by atoms with E-state index in [4.69, 9.17) is 14.5 Å². The lowest BCUT2D eigenvalue weighted by Gasteiger charge is -2.18. The number of methoxy groups -OCH3 is 1. The Morgan fingerprint density at radius 2 is 1.74 bits per heavy atom. The van der Waals surface area contributed by atoms with Crippen LogP contribution in [-0.4, -0.2) is 47.7 Å². The van der Waals surface area contributed by atoms with Crippen molar-refractivity contribution in [2.24, 2.45) is 0 Å². The molecule has 2 aromatic heterocycles. The highest BCUT2D eigenvalue weighted by Gasteiger charge is 2.17. The maximum Gasteiger partial charge on any atom is 0.133 e. The highest BCUT2D eigenvalue weighted by Crippen LogP contribution is 2.38. The maximum absolute atomic E-state index is 6.19. The van der Waals surface area contributed by atoms with E-state index >= 15 is 0 Å². The van der Waals surface area contributed by atoms with Crippen molar-refractivity contribution >= 4 is 38.4 Å². The fraction of sp³-hybridized carbons (Fsp3) is 0.344. The highest BCUT2D eigenvalue weighted by atomic mass is 16.5. The summed E-state index contributed by atoms with van der Waals surface area (Å²) in [6.45, 7) is 11.8. The normalized spacial score (nSPS) is 11.7. The van der Waals surface area contributed by atoms with Gasteiger partial charge in [0.15, 0.2) is 0 Å². The van der Waals surface area contributed by atoms with E-state index in [0.717, 1.165) is 66.0 Å². The minimum atomic E-state index is 0.484. The molecule has 5 rings (SSSR count). The summed E-state index contributed by atoms with van der Waals surface area (Å²) in [5, 5.41) is 8.32. The van der Waals surface area contributed by atoms with Gasteiger partial charge in [-0.05, 0) is 79.8 Å². The summed E-state index contributed by atoms with van der Waals surface area (Å²) in [6.07, 6.45) is 2.99. The first kappa shape index (κ1) is 26.0. The number of nitrogens with one attached hydrogen (secondary N) is 1. The van der Waals surface area contributed by atoms with Crippen LogP contribution < -0.4 is 10.1 Å². The van der Waals surface area contributed by atoms with Crippen LogP contribution in [-0.2, 0) is 18.1 Å². The highest BCUT2D eigenvalue weighted by molar-refractivity contribution is 6.16. The molecule has 1 N–H and O–H groups in total. The molecule has 0 fully saturated rings. The zero-order valence-electron chi connectivity index (χ0n) is 23.0. The zero-order chi connectivity index (χ0) is 26.5. The van der Waals surface area contributed by atoms with E-state index in [1.54, 1.807) is 7.11 Å². The smallest absolute Gasteiger partial charge is 0.133 e. The number of nitrogens with zero attached hydrogens (tertiary/aromatic N) is 3. The second kappa shape index (κ2) is 11.8. The van der Waals surface area contributed by atoms with Crippen LogP contribution in [0, 0.1) is 6.92 Å². The van der Waals surface area contributed by atoms with Gasteiger partial charge in [0, 0.05) is 36.0 Å². The Hall–Kier alpha value is -3.61.